The molecule has 1 aliphatic rings. The lowest BCUT2D eigenvalue weighted by Gasteiger charge is -2.37. The molecule has 1 aromatic carbocycles. The van der Waals surface area contributed by atoms with Crippen LogP contribution in [-0.4, -0.2) is 51.2 Å². The summed E-state index contributed by atoms with van der Waals surface area (Å²) in [4.78, 5) is 13.7. The minimum atomic E-state index is 0.582. The van der Waals surface area contributed by atoms with Crippen LogP contribution in [0.4, 0.5) is 5.82 Å². The van der Waals surface area contributed by atoms with E-state index in [1.54, 1.807) is 23.2 Å². The first kappa shape index (κ1) is 15.4. The predicted octanol–water partition coefficient (Wildman–Crippen LogP) is 2.58. The van der Waals surface area contributed by atoms with Gasteiger partial charge in [0.1, 0.15) is 22.7 Å². The molecule has 1 aliphatic heterocycles. The van der Waals surface area contributed by atoms with Crippen molar-refractivity contribution in [1.82, 2.24) is 25.1 Å². The van der Waals surface area contributed by atoms with Crippen molar-refractivity contribution < 1.29 is 0 Å². The third-order valence-electron chi connectivity index (χ3n) is 4.70. The third kappa shape index (κ3) is 3.09. The SMILES string of the molecule is CN(Cc1nncs1)C1CCN(c2ncnc3ccccc23)CC1. The molecule has 0 unspecified atom stereocenters. The van der Waals surface area contributed by atoms with E-state index in [1.165, 1.54) is 0 Å². The Hall–Kier alpha value is -2.12. The summed E-state index contributed by atoms with van der Waals surface area (Å²) in [6, 6.07) is 8.81. The van der Waals surface area contributed by atoms with Crippen LogP contribution in [-0.2, 0) is 6.54 Å². The van der Waals surface area contributed by atoms with Gasteiger partial charge in [0.25, 0.3) is 0 Å². The van der Waals surface area contributed by atoms with Crippen molar-refractivity contribution in [3.8, 4) is 0 Å². The van der Waals surface area contributed by atoms with E-state index >= 15 is 0 Å². The molecule has 24 heavy (non-hydrogen) atoms. The number of hydrogen-bond donors (Lipinski definition) is 0. The van der Waals surface area contributed by atoms with Gasteiger partial charge in [0.05, 0.1) is 12.1 Å². The van der Waals surface area contributed by atoms with Gasteiger partial charge in [-0.1, -0.05) is 12.1 Å². The van der Waals surface area contributed by atoms with Crippen molar-refractivity contribution in [2.24, 2.45) is 0 Å². The van der Waals surface area contributed by atoms with E-state index in [4.69, 9.17) is 0 Å². The van der Waals surface area contributed by atoms with Crippen LogP contribution >= 0.6 is 11.3 Å². The zero-order chi connectivity index (χ0) is 16.4. The van der Waals surface area contributed by atoms with Gasteiger partial charge in [0, 0.05) is 24.5 Å². The van der Waals surface area contributed by atoms with Crippen LogP contribution in [0.2, 0.25) is 0 Å². The van der Waals surface area contributed by atoms with Crippen LogP contribution in [0.5, 0.6) is 0 Å². The van der Waals surface area contributed by atoms with E-state index in [1.807, 2.05) is 12.1 Å². The van der Waals surface area contributed by atoms with Gasteiger partial charge in [-0.2, -0.15) is 0 Å². The highest BCUT2D eigenvalue weighted by atomic mass is 32.1. The molecule has 0 saturated carbocycles. The van der Waals surface area contributed by atoms with Gasteiger partial charge >= 0.3 is 0 Å². The van der Waals surface area contributed by atoms with Crippen LogP contribution in [0.15, 0.2) is 36.1 Å². The molecule has 3 aromatic rings. The number of benzene rings is 1. The number of nitrogens with zero attached hydrogens (tertiary/aromatic N) is 6. The summed E-state index contributed by atoms with van der Waals surface area (Å²) in [7, 11) is 2.18. The Balaban J connectivity index is 1.44. The molecule has 4 rings (SSSR count). The molecule has 0 spiro atoms. The van der Waals surface area contributed by atoms with Crippen LogP contribution in [0.3, 0.4) is 0 Å². The summed E-state index contributed by atoms with van der Waals surface area (Å²) in [5, 5.41) is 10.3. The lowest BCUT2D eigenvalue weighted by molar-refractivity contribution is 0.199. The first-order chi connectivity index (χ1) is 11.8. The fraction of sp³-hybridized carbons (Fsp3) is 0.412. The molecule has 0 radical (unpaired) electrons. The van der Waals surface area contributed by atoms with Crippen LogP contribution in [0.1, 0.15) is 17.8 Å². The van der Waals surface area contributed by atoms with Gasteiger partial charge in [0.2, 0.25) is 0 Å². The number of para-hydroxylation sites is 1. The van der Waals surface area contributed by atoms with Crippen LogP contribution in [0.25, 0.3) is 10.9 Å². The smallest absolute Gasteiger partial charge is 0.139 e. The van der Waals surface area contributed by atoms with E-state index in [2.05, 4.69) is 49.1 Å². The molecule has 7 heteroatoms. The average Bonchev–Trinajstić information content (AvgIpc) is 3.14. The molecule has 0 atom stereocenters. The van der Waals surface area contributed by atoms with Crippen LogP contribution in [0, 0.1) is 0 Å². The average molecular weight is 340 g/mol. The quantitative estimate of drug-likeness (QED) is 0.727. The molecule has 0 aliphatic carbocycles. The van der Waals surface area contributed by atoms with Gasteiger partial charge < -0.3 is 4.90 Å². The Bertz CT molecular complexity index is 792. The number of anilines is 1. The number of piperidine rings is 1. The van der Waals surface area contributed by atoms with E-state index < -0.39 is 0 Å². The third-order valence-corrected chi connectivity index (χ3v) is 5.38. The highest BCUT2D eigenvalue weighted by Gasteiger charge is 2.24. The van der Waals surface area contributed by atoms with Gasteiger partial charge in [-0.25, -0.2) is 9.97 Å². The number of aromatic nitrogens is 4. The molecular weight excluding hydrogens is 320 g/mol. The summed E-state index contributed by atoms with van der Waals surface area (Å²) in [5.41, 5.74) is 2.81. The second-order valence-electron chi connectivity index (χ2n) is 6.18. The van der Waals surface area contributed by atoms with Gasteiger partial charge in [-0.3, -0.25) is 4.90 Å². The van der Waals surface area contributed by atoms with Crippen molar-refractivity contribution >= 4 is 28.1 Å². The Morgan fingerprint density at radius 3 is 2.83 bits per heavy atom. The Kier molecular flexibility index (Phi) is 4.36. The first-order valence-electron chi connectivity index (χ1n) is 8.21. The van der Waals surface area contributed by atoms with E-state index in [0.717, 1.165) is 54.2 Å². The Morgan fingerprint density at radius 1 is 1.21 bits per heavy atom. The fourth-order valence-electron chi connectivity index (χ4n) is 3.37. The highest BCUT2D eigenvalue weighted by Crippen LogP contribution is 2.26. The monoisotopic (exact) mass is 340 g/mol. The second kappa shape index (κ2) is 6.78. The van der Waals surface area contributed by atoms with Gasteiger partial charge in [-0.05, 0) is 32.0 Å². The van der Waals surface area contributed by atoms with Crippen LogP contribution < -0.4 is 4.90 Å². The normalized spacial score (nSPS) is 16.2. The fourth-order valence-corrected chi connectivity index (χ4v) is 3.96. The van der Waals surface area contributed by atoms with E-state index in [0.29, 0.717) is 6.04 Å². The molecule has 0 N–H and O–H groups in total. The highest BCUT2D eigenvalue weighted by molar-refractivity contribution is 7.09. The molecule has 0 bridgehead atoms. The summed E-state index contributed by atoms with van der Waals surface area (Å²) < 4.78 is 0. The standard InChI is InChI=1S/C17H20N6S/c1-22(10-16-21-20-12-24-16)13-6-8-23(9-7-13)17-14-4-2-3-5-15(14)18-11-19-17/h2-5,11-13H,6-10H2,1H3. The Labute approximate surface area is 145 Å². The Morgan fingerprint density at radius 2 is 2.04 bits per heavy atom. The van der Waals surface area contributed by atoms with Crippen molar-refractivity contribution in [2.75, 3.05) is 25.0 Å². The molecular formula is C17H20N6S. The molecule has 0 amide bonds. The maximum Gasteiger partial charge on any atom is 0.139 e. The maximum atomic E-state index is 4.55. The van der Waals surface area contributed by atoms with Crippen molar-refractivity contribution in [2.45, 2.75) is 25.4 Å². The van der Waals surface area contributed by atoms with Crippen molar-refractivity contribution in [3.05, 3.63) is 41.1 Å². The second-order valence-corrected chi connectivity index (χ2v) is 7.10. The lowest BCUT2D eigenvalue weighted by Crippen LogP contribution is -2.43. The molecule has 2 aromatic heterocycles. The first-order valence-corrected chi connectivity index (χ1v) is 9.09. The molecule has 124 valence electrons. The van der Waals surface area contributed by atoms with Crippen molar-refractivity contribution in [3.63, 3.8) is 0 Å². The zero-order valence-corrected chi connectivity index (χ0v) is 14.5. The van der Waals surface area contributed by atoms with Crippen molar-refractivity contribution in [1.29, 1.82) is 0 Å². The summed E-state index contributed by atoms with van der Waals surface area (Å²) in [6.45, 7) is 2.92. The predicted molar refractivity (Wildman–Crippen MR) is 96.1 cm³/mol. The summed E-state index contributed by atoms with van der Waals surface area (Å²) in [5.74, 6) is 1.06. The molecule has 6 nitrogen and oxygen atoms in total. The largest absolute Gasteiger partial charge is 0.356 e. The summed E-state index contributed by atoms with van der Waals surface area (Å²) >= 11 is 1.62. The maximum absolute atomic E-state index is 4.55. The lowest BCUT2D eigenvalue weighted by atomic mass is 10.0. The molecule has 1 saturated heterocycles. The number of rotatable bonds is 4. The van der Waals surface area contributed by atoms with E-state index in [9.17, 15) is 0 Å². The van der Waals surface area contributed by atoms with Gasteiger partial charge in [-0.15, -0.1) is 21.5 Å². The van der Waals surface area contributed by atoms with Gasteiger partial charge in [0.15, 0.2) is 0 Å². The minimum absolute atomic E-state index is 0.582. The molecule has 1 fully saturated rings. The molecule has 3 heterocycles. The number of hydrogen-bond acceptors (Lipinski definition) is 7. The topological polar surface area (TPSA) is 58.0 Å². The number of fused-ring (bicyclic) bond motifs is 1. The minimum Gasteiger partial charge on any atom is -0.356 e. The summed E-state index contributed by atoms with van der Waals surface area (Å²) in [6.07, 6.45) is 3.94. The van der Waals surface area contributed by atoms with E-state index in [-0.39, 0.29) is 0 Å². The zero-order valence-electron chi connectivity index (χ0n) is 13.7.